The molecule has 1 saturated heterocycles. The third kappa shape index (κ3) is 2.85. The highest BCUT2D eigenvalue weighted by atomic mass is 16.2. The number of nitrogens with zero attached hydrogens (tertiary/aromatic N) is 3. The summed E-state index contributed by atoms with van der Waals surface area (Å²) in [6, 6.07) is 7.90. The lowest BCUT2D eigenvalue weighted by Gasteiger charge is -2.33. The maximum Gasteiger partial charge on any atom is 0.237 e. The first-order chi connectivity index (χ1) is 10.9. The zero-order valence-corrected chi connectivity index (χ0v) is 14.2. The molecule has 0 saturated carbocycles. The molecule has 0 atom stereocenters. The molecule has 1 fully saturated rings. The van der Waals surface area contributed by atoms with Crippen molar-refractivity contribution in [2.45, 2.75) is 25.7 Å². The Labute approximate surface area is 137 Å². The standard InChI is InChI=1S/C18H25N3O2/c1-18(2)14-6-4-5-7-15(14)21(17(18)23)9-8-16(22)20-12-10-19(3)11-13-20/h4-7H,8-13H2,1-3H3. The van der Waals surface area contributed by atoms with Crippen LogP contribution in [0.3, 0.4) is 0 Å². The summed E-state index contributed by atoms with van der Waals surface area (Å²) < 4.78 is 0. The molecule has 0 aromatic heterocycles. The number of carbonyl (C=O) groups is 2. The van der Waals surface area contributed by atoms with Gasteiger partial charge in [0.15, 0.2) is 0 Å². The first kappa shape index (κ1) is 16.0. The Morgan fingerprint density at radius 1 is 1.13 bits per heavy atom. The van der Waals surface area contributed by atoms with Gasteiger partial charge in [-0.1, -0.05) is 18.2 Å². The molecule has 23 heavy (non-hydrogen) atoms. The summed E-state index contributed by atoms with van der Waals surface area (Å²) in [5, 5.41) is 0. The molecule has 2 amide bonds. The van der Waals surface area contributed by atoms with E-state index in [0.29, 0.717) is 13.0 Å². The van der Waals surface area contributed by atoms with Gasteiger partial charge in [-0.25, -0.2) is 0 Å². The summed E-state index contributed by atoms with van der Waals surface area (Å²) in [7, 11) is 2.07. The minimum absolute atomic E-state index is 0.0878. The van der Waals surface area contributed by atoms with Crippen LogP contribution in [0, 0.1) is 0 Å². The number of anilines is 1. The van der Waals surface area contributed by atoms with Crippen molar-refractivity contribution in [2.24, 2.45) is 0 Å². The fraction of sp³-hybridized carbons (Fsp3) is 0.556. The van der Waals surface area contributed by atoms with Crippen molar-refractivity contribution in [2.75, 3.05) is 44.7 Å². The normalized spacial score (nSPS) is 20.7. The maximum atomic E-state index is 12.7. The SMILES string of the molecule is CN1CCN(C(=O)CCN2C(=O)C(C)(C)c3ccccc32)CC1. The quantitative estimate of drug-likeness (QED) is 0.848. The molecule has 1 aromatic carbocycles. The molecular weight excluding hydrogens is 290 g/mol. The van der Waals surface area contributed by atoms with Crippen LogP contribution in [0.15, 0.2) is 24.3 Å². The van der Waals surface area contributed by atoms with Crippen LogP contribution in [0.25, 0.3) is 0 Å². The first-order valence-corrected chi connectivity index (χ1v) is 8.29. The molecule has 2 aliphatic rings. The van der Waals surface area contributed by atoms with E-state index in [9.17, 15) is 9.59 Å². The monoisotopic (exact) mass is 315 g/mol. The van der Waals surface area contributed by atoms with Crippen LogP contribution < -0.4 is 4.90 Å². The predicted molar refractivity (Wildman–Crippen MR) is 90.5 cm³/mol. The number of rotatable bonds is 3. The molecule has 124 valence electrons. The molecule has 0 spiro atoms. The van der Waals surface area contributed by atoms with Gasteiger partial charge in [-0.3, -0.25) is 9.59 Å². The predicted octanol–water partition coefficient (Wildman–Crippen LogP) is 1.47. The van der Waals surface area contributed by atoms with Crippen molar-refractivity contribution in [3.8, 4) is 0 Å². The van der Waals surface area contributed by atoms with Gasteiger partial charge in [-0.05, 0) is 32.5 Å². The van der Waals surface area contributed by atoms with Crippen molar-refractivity contribution in [1.82, 2.24) is 9.80 Å². The average Bonchev–Trinajstić information content (AvgIpc) is 2.74. The number of para-hydroxylation sites is 1. The molecule has 0 N–H and O–H groups in total. The van der Waals surface area contributed by atoms with Gasteiger partial charge >= 0.3 is 0 Å². The highest BCUT2D eigenvalue weighted by molar-refractivity contribution is 6.07. The highest BCUT2D eigenvalue weighted by Crippen LogP contribution is 2.41. The van der Waals surface area contributed by atoms with Gasteiger partial charge in [-0.2, -0.15) is 0 Å². The van der Waals surface area contributed by atoms with Crippen LogP contribution in [0.2, 0.25) is 0 Å². The van der Waals surface area contributed by atoms with Crippen LogP contribution in [-0.4, -0.2) is 61.4 Å². The summed E-state index contributed by atoms with van der Waals surface area (Å²) in [6.45, 7) is 7.78. The number of likely N-dealkylation sites (N-methyl/N-ethyl adjacent to an activating group) is 1. The summed E-state index contributed by atoms with van der Waals surface area (Å²) in [5.74, 6) is 0.234. The van der Waals surface area contributed by atoms with Gasteiger partial charge in [0.25, 0.3) is 0 Å². The number of amides is 2. The fourth-order valence-electron chi connectivity index (χ4n) is 3.44. The third-order valence-electron chi connectivity index (χ3n) is 5.05. The lowest BCUT2D eigenvalue weighted by Crippen LogP contribution is -2.48. The Balaban J connectivity index is 1.67. The maximum absolute atomic E-state index is 12.7. The molecular formula is C18H25N3O2. The second-order valence-electron chi connectivity index (χ2n) is 7.03. The van der Waals surface area contributed by atoms with Crippen LogP contribution in [-0.2, 0) is 15.0 Å². The topological polar surface area (TPSA) is 43.9 Å². The zero-order valence-electron chi connectivity index (χ0n) is 14.2. The van der Waals surface area contributed by atoms with E-state index in [1.54, 1.807) is 4.90 Å². The van der Waals surface area contributed by atoms with Crippen molar-refractivity contribution >= 4 is 17.5 Å². The molecule has 2 aliphatic heterocycles. The zero-order chi connectivity index (χ0) is 16.6. The minimum Gasteiger partial charge on any atom is -0.340 e. The highest BCUT2D eigenvalue weighted by Gasteiger charge is 2.43. The average molecular weight is 315 g/mol. The second kappa shape index (κ2) is 5.96. The van der Waals surface area contributed by atoms with E-state index in [1.165, 1.54) is 0 Å². The van der Waals surface area contributed by atoms with E-state index in [4.69, 9.17) is 0 Å². The number of piperazine rings is 1. The van der Waals surface area contributed by atoms with Gasteiger partial charge in [0.1, 0.15) is 0 Å². The van der Waals surface area contributed by atoms with E-state index in [1.807, 2.05) is 43.0 Å². The smallest absolute Gasteiger partial charge is 0.237 e. The molecule has 5 heteroatoms. The van der Waals surface area contributed by atoms with E-state index < -0.39 is 5.41 Å². The number of carbonyl (C=O) groups excluding carboxylic acids is 2. The van der Waals surface area contributed by atoms with Crippen molar-refractivity contribution in [3.63, 3.8) is 0 Å². The van der Waals surface area contributed by atoms with Gasteiger partial charge in [-0.15, -0.1) is 0 Å². The van der Waals surface area contributed by atoms with Crippen molar-refractivity contribution in [1.29, 1.82) is 0 Å². The minimum atomic E-state index is -0.506. The fourth-order valence-corrected chi connectivity index (χ4v) is 3.44. The number of benzene rings is 1. The number of fused-ring (bicyclic) bond motifs is 1. The Bertz CT molecular complexity index is 618. The third-order valence-corrected chi connectivity index (χ3v) is 5.05. The number of hydrogen-bond acceptors (Lipinski definition) is 3. The number of hydrogen-bond donors (Lipinski definition) is 0. The van der Waals surface area contributed by atoms with Crippen LogP contribution in [0.1, 0.15) is 25.8 Å². The lowest BCUT2D eigenvalue weighted by atomic mass is 9.86. The Kier molecular flexibility index (Phi) is 4.15. The van der Waals surface area contributed by atoms with E-state index in [-0.39, 0.29) is 11.8 Å². The Morgan fingerprint density at radius 2 is 1.78 bits per heavy atom. The summed E-state index contributed by atoms with van der Waals surface area (Å²) >= 11 is 0. The molecule has 2 heterocycles. The molecule has 5 nitrogen and oxygen atoms in total. The van der Waals surface area contributed by atoms with Gasteiger partial charge in [0.2, 0.25) is 11.8 Å². The molecule has 0 bridgehead atoms. The molecule has 0 radical (unpaired) electrons. The summed E-state index contributed by atoms with van der Waals surface area (Å²) in [6.07, 6.45) is 0.389. The van der Waals surface area contributed by atoms with Gasteiger partial charge in [0, 0.05) is 44.8 Å². The second-order valence-corrected chi connectivity index (χ2v) is 7.03. The van der Waals surface area contributed by atoms with E-state index >= 15 is 0 Å². The Morgan fingerprint density at radius 3 is 2.48 bits per heavy atom. The lowest BCUT2D eigenvalue weighted by molar-refractivity contribution is -0.132. The largest absolute Gasteiger partial charge is 0.340 e. The Hall–Kier alpha value is -1.88. The van der Waals surface area contributed by atoms with Crippen molar-refractivity contribution < 1.29 is 9.59 Å². The molecule has 3 rings (SSSR count). The summed E-state index contributed by atoms with van der Waals surface area (Å²) in [4.78, 5) is 31.0. The van der Waals surface area contributed by atoms with Crippen LogP contribution in [0.5, 0.6) is 0 Å². The van der Waals surface area contributed by atoms with E-state index in [2.05, 4.69) is 11.9 Å². The van der Waals surface area contributed by atoms with Gasteiger partial charge < -0.3 is 14.7 Å². The van der Waals surface area contributed by atoms with E-state index in [0.717, 1.165) is 37.4 Å². The summed E-state index contributed by atoms with van der Waals surface area (Å²) in [5.41, 5.74) is 1.50. The molecule has 0 unspecified atom stereocenters. The van der Waals surface area contributed by atoms with Crippen LogP contribution >= 0.6 is 0 Å². The molecule has 1 aromatic rings. The van der Waals surface area contributed by atoms with Crippen molar-refractivity contribution in [3.05, 3.63) is 29.8 Å². The van der Waals surface area contributed by atoms with Gasteiger partial charge in [0.05, 0.1) is 5.41 Å². The van der Waals surface area contributed by atoms with Crippen LogP contribution in [0.4, 0.5) is 5.69 Å². The first-order valence-electron chi connectivity index (χ1n) is 8.29. The molecule has 0 aliphatic carbocycles.